The van der Waals surface area contributed by atoms with Gasteiger partial charge in [0.15, 0.2) is 0 Å². The molecule has 0 radical (unpaired) electrons. The van der Waals surface area contributed by atoms with Gasteiger partial charge in [0.2, 0.25) is 0 Å². The number of rotatable bonds is 6. The third kappa shape index (κ3) is 3.78. The quantitative estimate of drug-likeness (QED) is 0.719. The van der Waals surface area contributed by atoms with E-state index < -0.39 is 0 Å². The van der Waals surface area contributed by atoms with Crippen LogP contribution in [0.5, 0.6) is 0 Å². The van der Waals surface area contributed by atoms with Gasteiger partial charge in [-0.15, -0.1) is 0 Å². The molecule has 1 aliphatic rings. The zero-order valence-corrected chi connectivity index (χ0v) is 11.6. The largest absolute Gasteiger partial charge is 0.296 e. The molecule has 0 heterocycles. The maximum atomic E-state index is 12.8. The Hall–Kier alpha value is -0.410. The lowest BCUT2D eigenvalue weighted by atomic mass is 9.91. The zero-order chi connectivity index (χ0) is 12.1. The minimum atomic E-state index is -0.149. The predicted molar refractivity (Wildman–Crippen MR) is 72.9 cm³/mol. The Bertz CT molecular complexity index is 335. The molecule has 1 aromatic carbocycles. The van der Waals surface area contributed by atoms with E-state index in [4.69, 9.17) is 0 Å². The fourth-order valence-corrected chi connectivity index (χ4v) is 2.48. The van der Waals surface area contributed by atoms with Crippen LogP contribution < -0.4 is 0 Å². The van der Waals surface area contributed by atoms with E-state index in [-0.39, 0.29) is 5.82 Å². The molecule has 1 saturated carbocycles. The van der Waals surface area contributed by atoms with E-state index in [9.17, 15) is 4.39 Å². The van der Waals surface area contributed by atoms with E-state index in [1.54, 1.807) is 12.1 Å². The molecule has 0 saturated heterocycles. The highest BCUT2D eigenvalue weighted by molar-refractivity contribution is 9.09. The SMILES string of the molecule is Fc1ccc(CN(CCCBr)C2CCC2)cc1. The summed E-state index contributed by atoms with van der Waals surface area (Å²) in [4.78, 5) is 2.54. The molecule has 0 N–H and O–H groups in total. The van der Waals surface area contributed by atoms with Crippen LogP contribution in [0.2, 0.25) is 0 Å². The average molecular weight is 300 g/mol. The van der Waals surface area contributed by atoms with Gasteiger partial charge < -0.3 is 0 Å². The van der Waals surface area contributed by atoms with Crippen LogP contribution in [0, 0.1) is 5.82 Å². The lowest BCUT2D eigenvalue weighted by Crippen LogP contribution is -2.40. The number of alkyl halides is 1. The van der Waals surface area contributed by atoms with Crippen molar-refractivity contribution in [3.05, 3.63) is 35.6 Å². The Morgan fingerprint density at radius 1 is 1.24 bits per heavy atom. The monoisotopic (exact) mass is 299 g/mol. The summed E-state index contributed by atoms with van der Waals surface area (Å²) >= 11 is 3.49. The summed E-state index contributed by atoms with van der Waals surface area (Å²) in [5.41, 5.74) is 1.22. The topological polar surface area (TPSA) is 3.24 Å². The summed E-state index contributed by atoms with van der Waals surface area (Å²) < 4.78 is 12.8. The van der Waals surface area contributed by atoms with Gasteiger partial charge in [-0.2, -0.15) is 0 Å². The second kappa shape index (κ2) is 6.50. The van der Waals surface area contributed by atoms with Crippen molar-refractivity contribution in [2.24, 2.45) is 0 Å². The van der Waals surface area contributed by atoms with Crippen LogP contribution in [0.1, 0.15) is 31.2 Å². The summed E-state index contributed by atoms with van der Waals surface area (Å²) in [5.74, 6) is -0.149. The molecule has 0 atom stereocenters. The molecule has 94 valence electrons. The standard InChI is InChI=1S/C14H19BrFN/c15-9-2-10-17(14-3-1-4-14)11-12-5-7-13(16)8-6-12/h5-8,14H,1-4,9-11H2. The van der Waals surface area contributed by atoms with Gasteiger partial charge in [0.25, 0.3) is 0 Å². The fourth-order valence-electron chi connectivity index (χ4n) is 2.23. The Balaban J connectivity index is 1.93. The van der Waals surface area contributed by atoms with Crippen molar-refractivity contribution < 1.29 is 4.39 Å². The molecule has 2 rings (SSSR count). The molecule has 0 aromatic heterocycles. The molecule has 0 unspecified atom stereocenters. The molecule has 0 spiro atoms. The van der Waals surface area contributed by atoms with Gasteiger partial charge >= 0.3 is 0 Å². The van der Waals surface area contributed by atoms with E-state index >= 15 is 0 Å². The Kier molecular flexibility index (Phi) is 4.99. The highest BCUT2D eigenvalue weighted by atomic mass is 79.9. The predicted octanol–water partition coefficient (Wildman–Crippen LogP) is 3.97. The van der Waals surface area contributed by atoms with Crippen molar-refractivity contribution in [2.75, 3.05) is 11.9 Å². The Morgan fingerprint density at radius 2 is 1.94 bits per heavy atom. The van der Waals surface area contributed by atoms with Crippen molar-refractivity contribution in [3.8, 4) is 0 Å². The summed E-state index contributed by atoms with van der Waals surface area (Å²) in [6.45, 7) is 2.09. The number of hydrogen-bond donors (Lipinski definition) is 0. The average Bonchev–Trinajstić information content (AvgIpc) is 2.26. The number of hydrogen-bond acceptors (Lipinski definition) is 1. The minimum absolute atomic E-state index is 0.149. The van der Waals surface area contributed by atoms with E-state index in [0.717, 1.165) is 24.5 Å². The number of nitrogens with zero attached hydrogens (tertiary/aromatic N) is 1. The number of halogens is 2. The first-order valence-corrected chi connectivity index (χ1v) is 7.46. The second-order valence-electron chi connectivity index (χ2n) is 4.72. The molecule has 0 bridgehead atoms. The lowest BCUT2D eigenvalue weighted by molar-refractivity contribution is 0.120. The van der Waals surface area contributed by atoms with Gasteiger partial charge in [-0.25, -0.2) is 4.39 Å². The highest BCUT2D eigenvalue weighted by Gasteiger charge is 2.24. The molecule has 17 heavy (non-hydrogen) atoms. The van der Waals surface area contributed by atoms with E-state index in [0.29, 0.717) is 0 Å². The van der Waals surface area contributed by atoms with Crippen LogP contribution in [0.3, 0.4) is 0 Å². The van der Waals surface area contributed by atoms with Gasteiger partial charge in [0, 0.05) is 17.9 Å². The van der Waals surface area contributed by atoms with Crippen LogP contribution in [0.25, 0.3) is 0 Å². The summed E-state index contributed by atoms with van der Waals surface area (Å²) in [6.07, 6.45) is 5.18. The minimum Gasteiger partial charge on any atom is -0.296 e. The molecule has 0 amide bonds. The summed E-state index contributed by atoms with van der Waals surface area (Å²) in [7, 11) is 0. The van der Waals surface area contributed by atoms with Crippen LogP contribution in [0.4, 0.5) is 4.39 Å². The molecule has 1 fully saturated rings. The van der Waals surface area contributed by atoms with Crippen molar-refractivity contribution in [1.29, 1.82) is 0 Å². The van der Waals surface area contributed by atoms with Gasteiger partial charge in [0.1, 0.15) is 5.82 Å². The molecule has 3 heteroatoms. The van der Waals surface area contributed by atoms with Crippen molar-refractivity contribution in [2.45, 2.75) is 38.3 Å². The molecule has 0 aliphatic heterocycles. The molecule has 1 aliphatic carbocycles. The zero-order valence-electron chi connectivity index (χ0n) is 10.0. The van der Waals surface area contributed by atoms with Gasteiger partial charge in [-0.3, -0.25) is 4.90 Å². The van der Waals surface area contributed by atoms with Crippen LogP contribution in [0.15, 0.2) is 24.3 Å². The third-order valence-electron chi connectivity index (χ3n) is 3.47. The highest BCUT2D eigenvalue weighted by Crippen LogP contribution is 2.26. The Labute approximate surface area is 111 Å². The van der Waals surface area contributed by atoms with Crippen molar-refractivity contribution in [3.63, 3.8) is 0 Å². The molecule has 1 nitrogen and oxygen atoms in total. The van der Waals surface area contributed by atoms with E-state index in [1.807, 2.05) is 12.1 Å². The first-order valence-electron chi connectivity index (χ1n) is 6.34. The van der Waals surface area contributed by atoms with Crippen molar-refractivity contribution >= 4 is 15.9 Å². The molecular weight excluding hydrogens is 281 g/mol. The lowest BCUT2D eigenvalue weighted by Gasteiger charge is -2.37. The second-order valence-corrected chi connectivity index (χ2v) is 5.52. The van der Waals surface area contributed by atoms with Crippen LogP contribution in [-0.2, 0) is 6.54 Å². The summed E-state index contributed by atoms with van der Waals surface area (Å²) in [6, 6.07) is 7.65. The smallest absolute Gasteiger partial charge is 0.123 e. The van der Waals surface area contributed by atoms with Gasteiger partial charge in [-0.05, 0) is 43.5 Å². The van der Waals surface area contributed by atoms with Gasteiger partial charge in [-0.1, -0.05) is 34.5 Å². The maximum Gasteiger partial charge on any atom is 0.123 e. The van der Waals surface area contributed by atoms with Gasteiger partial charge in [0.05, 0.1) is 0 Å². The first kappa shape index (κ1) is 13.0. The normalized spacial score (nSPS) is 16.2. The van der Waals surface area contributed by atoms with Crippen LogP contribution in [-0.4, -0.2) is 22.8 Å². The molecular formula is C14H19BrFN. The Morgan fingerprint density at radius 3 is 2.47 bits per heavy atom. The van der Waals surface area contributed by atoms with E-state index in [1.165, 1.54) is 31.2 Å². The van der Waals surface area contributed by atoms with E-state index in [2.05, 4.69) is 20.8 Å². The van der Waals surface area contributed by atoms with Crippen molar-refractivity contribution in [1.82, 2.24) is 4.90 Å². The fraction of sp³-hybridized carbons (Fsp3) is 0.571. The first-order chi connectivity index (χ1) is 8.29. The third-order valence-corrected chi connectivity index (χ3v) is 4.03. The number of benzene rings is 1. The molecule has 1 aromatic rings. The summed E-state index contributed by atoms with van der Waals surface area (Å²) in [5, 5.41) is 1.06. The maximum absolute atomic E-state index is 12.8. The van der Waals surface area contributed by atoms with Crippen LogP contribution >= 0.6 is 15.9 Å².